The van der Waals surface area contributed by atoms with E-state index in [1.807, 2.05) is 11.7 Å². The summed E-state index contributed by atoms with van der Waals surface area (Å²) in [6, 6.07) is 0. The molecule has 4 heteroatoms. The van der Waals surface area contributed by atoms with Crippen LogP contribution in [0.1, 0.15) is 51.9 Å². The van der Waals surface area contributed by atoms with Gasteiger partial charge < -0.3 is 5.32 Å². The van der Waals surface area contributed by atoms with E-state index in [-0.39, 0.29) is 5.54 Å². The molecule has 1 rings (SSSR count). The maximum atomic E-state index is 4.52. The van der Waals surface area contributed by atoms with Gasteiger partial charge in [-0.15, -0.1) is 0 Å². The van der Waals surface area contributed by atoms with Crippen LogP contribution in [-0.4, -0.2) is 21.9 Å². The van der Waals surface area contributed by atoms with Crippen molar-refractivity contribution in [1.82, 2.24) is 15.1 Å². The number of aromatic nitrogens is 2. The van der Waals surface area contributed by atoms with Gasteiger partial charge in [0.25, 0.3) is 0 Å². The van der Waals surface area contributed by atoms with Gasteiger partial charge in [0.2, 0.25) is 0 Å². The molecule has 0 saturated carbocycles. The van der Waals surface area contributed by atoms with E-state index in [1.165, 1.54) is 28.7 Å². The molecule has 0 spiro atoms. The standard InChI is InChI=1S/C14H26BrN3/c1-6-11-13(15)12(18(5)17-11)9-7-8-10-16-14(2,3)4/h16H,6-10H2,1-5H3. The van der Waals surface area contributed by atoms with Crippen LogP contribution >= 0.6 is 15.9 Å². The number of nitrogens with zero attached hydrogens (tertiary/aromatic N) is 2. The summed E-state index contributed by atoms with van der Waals surface area (Å²) in [4.78, 5) is 0. The lowest BCUT2D eigenvalue weighted by molar-refractivity contribution is 0.418. The Morgan fingerprint density at radius 3 is 2.44 bits per heavy atom. The van der Waals surface area contributed by atoms with E-state index >= 15 is 0 Å². The Morgan fingerprint density at radius 2 is 1.94 bits per heavy atom. The SMILES string of the molecule is CCc1nn(C)c(CCCCNC(C)(C)C)c1Br. The normalized spacial score (nSPS) is 12.1. The van der Waals surface area contributed by atoms with Crippen molar-refractivity contribution in [2.45, 2.75) is 58.9 Å². The summed E-state index contributed by atoms with van der Waals surface area (Å²) in [5.74, 6) is 0. The average Bonchev–Trinajstić information content (AvgIpc) is 2.53. The zero-order chi connectivity index (χ0) is 13.8. The highest BCUT2D eigenvalue weighted by Gasteiger charge is 2.12. The fourth-order valence-corrected chi connectivity index (χ4v) is 2.79. The van der Waals surface area contributed by atoms with E-state index < -0.39 is 0 Å². The van der Waals surface area contributed by atoms with Gasteiger partial charge in [-0.05, 0) is 68.9 Å². The molecule has 0 aliphatic heterocycles. The van der Waals surface area contributed by atoms with Crippen LogP contribution in [0.25, 0.3) is 0 Å². The van der Waals surface area contributed by atoms with E-state index in [4.69, 9.17) is 0 Å². The maximum absolute atomic E-state index is 4.52. The molecule has 0 aliphatic rings. The minimum absolute atomic E-state index is 0.225. The van der Waals surface area contributed by atoms with Crippen LogP contribution in [0.5, 0.6) is 0 Å². The van der Waals surface area contributed by atoms with E-state index in [0.717, 1.165) is 19.4 Å². The van der Waals surface area contributed by atoms with Crippen molar-refractivity contribution >= 4 is 15.9 Å². The lowest BCUT2D eigenvalue weighted by Crippen LogP contribution is -2.36. The van der Waals surface area contributed by atoms with Gasteiger partial charge in [-0.1, -0.05) is 6.92 Å². The molecular weight excluding hydrogens is 290 g/mol. The fourth-order valence-electron chi connectivity index (χ4n) is 1.97. The Balaban J connectivity index is 2.38. The van der Waals surface area contributed by atoms with Gasteiger partial charge in [0.1, 0.15) is 0 Å². The summed E-state index contributed by atoms with van der Waals surface area (Å²) in [6.07, 6.45) is 4.48. The van der Waals surface area contributed by atoms with Crippen molar-refractivity contribution in [2.75, 3.05) is 6.54 Å². The second-order valence-corrected chi connectivity index (χ2v) is 6.61. The molecule has 18 heavy (non-hydrogen) atoms. The Labute approximate surface area is 119 Å². The molecule has 0 fully saturated rings. The highest BCUT2D eigenvalue weighted by molar-refractivity contribution is 9.10. The molecule has 1 aromatic rings. The van der Waals surface area contributed by atoms with Crippen LogP contribution in [-0.2, 0) is 19.9 Å². The van der Waals surface area contributed by atoms with Crippen molar-refractivity contribution in [1.29, 1.82) is 0 Å². The van der Waals surface area contributed by atoms with E-state index in [9.17, 15) is 0 Å². The molecule has 0 aromatic carbocycles. The Morgan fingerprint density at radius 1 is 1.28 bits per heavy atom. The van der Waals surface area contributed by atoms with Gasteiger partial charge in [-0.25, -0.2) is 0 Å². The van der Waals surface area contributed by atoms with Crippen molar-refractivity contribution in [3.05, 3.63) is 15.9 Å². The summed E-state index contributed by atoms with van der Waals surface area (Å²) < 4.78 is 3.22. The molecule has 0 aliphatic carbocycles. The second kappa shape index (κ2) is 6.71. The van der Waals surface area contributed by atoms with Crippen molar-refractivity contribution in [2.24, 2.45) is 7.05 Å². The second-order valence-electron chi connectivity index (χ2n) is 5.82. The van der Waals surface area contributed by atoms with E-state index in [2.05, 4.69) is 54.0 Å². The summed E-state index contributed by atoms with van der Waals surface area (Å²) in [6.45, 7) is 9.85. The Kier molecular flexibility index (Phi) is 5.86. The smallest absolute Gasteiger partial charge is 0.0766 e. The largest absolute Gasteiger partial charge is 0.312 e. The van der Waals surface area contributed by atoms with Crippen LogP contribution < -0.4 is 5.32 Å². The number of unbranched alkanes of at least 4 members (excludes halogenated alkanes) is 1. The average molecular weight is 316 g/mol. The van der Waals surface area contributed by atoms with Crippen LogP contribution in [0.4, 0.5) is 0 Å². The van der Waals surface area contributed by atoms with Gasteiger partial charge in [-0.2, -0.15) is 5.10 Å². The van der Waals surface area contributed by atoms with Gasteiger partial charge in [0.05, 0.1) is 15.9 Å². The number of hydrogen-bond acceptors (Lipinski definition) is 2. The van der Waals surface area contributed by atoms with Gasteiger partial charge >= 0.3 is 0 Å². The third-order valence-electron chi connectivity index (χ3n) is 3.00. The van der Waals surface area contributed by atoms with Gasteiger partial charge in [0, 0.05) is 12.6 Å². The van der Waals surface area contributed by atoms with Crippen LogP contribution in [0.3, 0.4) is 0 Å². The molecule has 0 atom stereocenters. The third-order valence-corrected chi connectivity index (χ3v) is 3.91. The first-order chi connectivity index (χ1) is 8.35. The fraction of sp³-hybridized carbons (Fsp3) is 0.786. The number of aryl methyl sites for hydroxylation is 2. The predicted molar refractivity (Wildman–Crippen MR) is 81.0 cm³/mol. The topological polar surface area (TPSA) is 29.9 Å². The molecular formula is C14H26BrN3. The van der Waals surface area contributed by atoms with Crippen LogP contribution in [0.2, 0.25) is 0 Å². The molecule has 0 saturated heterocycles. The summed E-state index contributed by atoms with van der Waals surface area (Å²) in [5, 5.41) is 8.04. The quantitative estimate of drug-likeness (QED) is 0.815. The number of hydrogen-bond donors (Lipinski definition) is 1. The number of halogens is 1. The Bertz CT molecular complexity index is 377. The van der Waals surface area contributed by atoms with Crippen LogP contribution in [0, 0.1) is 0 Å². The minimum atomic E-state index is 0.225. The molecule has 1 aromatic heterocycles. The summed E-state index contributed by atoms with van der Waals surface area (Å²) in [5.41, 5.74) is 2.71. The zero-order valence-electron chi connectivity index (χ0n) is 12.3. The molecule has 0 bridgehead atoms. The predicted octanol–water partition coefficient (Wildman–Crippen LogP) is 3.46. The molecule has 104 valence electrons. The lowest BCUT2D eigenvalue weighted by Gasteiger charge is -2.20. The summed E-state index contributed by atoms with van der Waals surface area (Å²) >= 11 is 3.66. The first-order valence-corrected chi connectivity index (χ1v) is 7.59. The highest BCUT2D eigenvalue weighted by atomic mass is 79.9. The monoisotopic (exact) mass is 315 g/mol. The number of nitrogens with one attached hydrogen (secondary N) is 1. The molecule has 1 heterocycles. The van der Waals surface area contributed by atoms with Crippen LogP contribution in [0.15, 0.2) is 4.47 Å². The Hall–Kier alpha value is -0.350. The first kappa shape index (κ1) is 15.7. The molecule has 0 unspecified atom stereocenters. The van der Waals surface area contributed by atoms with E-state index in [1.54, 1.807) is 0 Å². The lowest BCUT2D eigenvalue weighted by atomic mass is 10.1. The minimum Gasteiger partial charge on any atom is -0.312 e. The molecule has 0 radical (unpaired) electrons. The highest BCUT2D eigenvalue weighted by Crippen LogP contribution is 2.22. The first-order valence-electron chi connectivity index (χ1n) is 6.80. The van der Waals surface area contributed by atoms with E-state index in [0.29, 0.717) is 0 Å². The van der Waals surface area contributed by atoms with Crippen molar-refractivity contribution in [3.8, 4) is 0 Å². The maximum Gasteiger partial charge on any atom is 0.0766 e. The van der Waals surface area contributed by atoms with Crippen molar-refractivity contribution < 1.29 is 0 Å². The number of rotatable bonds is 6. The molecule has 1 N–H and O–H groups in total. The van der Waals surface area contributed by atoms with Gasteiger partial charge in [-0.3, -0.25) is 4.68 Å². The van der Waals surface area contributed by atoms with Crippen molar-refractivity contribution in [3.63, 3.8) is 0 Å². The molecule has 3 nitrogen and oxygen atoms in total. The third kappa shape index (κ3) is 4.73. The van der Waals surface area contributed by atoms with Gasteiger partial charge in [0.15, 0.2) is 0 Å². The molecule has 0 amide bonds. The summed E-state index contributed by atoms with van der Waals surface area (Å²) in [7, 11) is 2.03. The zero-order valence-corrected chi connectivity index (χ0v) is 13.9.